The maximum Gasteiger partial charge on any atom is 0.273 e. The van der Waals surface area contributed by atoms with Crippen molar-refractivity contribution in [1.29, 1.82) is 0 Å². The minimum Gasteiger partial charge on any atom is -0.354 e. The molecule has 0 aliphatic heterocycles. The lowest BCUT2D eigenvalue weighted by molar-refractivity contribution is -0.117. The molecule has 3 heterocycles. The Kier molecular flexibility index (Phi) is 3.71. The Morgan fingerprint density at radius 2 is 2.14 bits per heavy atom. The largest absolute Gasteiger partial charge is 0.354 e. The van der Waals surface area contributed by atoms with E-state index in [9.17, 15) is 14.4 Å². The molecule has 3 aromatic heterocycles. The highest BCUT2D eigenvalue weighted by Crippen LogP contribution is 2.32. The van der Waals surface area contributed by atoms with Crippen LogP contribution in [0.15, 0.2) is 28.5 Å². The molecule has 0 bridgehead atoms. The topological polar surface area (TPSA) is 118 Å². The van der Waals surface area contributed by atoms with Crippen LogP contribution < -0.4 is 21.5 Å². The molecule has 0 saturated heterocycles. The van der Waals surface area contributed by atoms with Crippen molar-refractivity contribution in [3.63, 3.8) is 0 Å². The summed E-state index contributed by atoms with van der Waals surface area (Å²) in [6.45, 7) is -2.72. The van der Waals surface area contributed by atoms with Crippen LogP contribution in [0.5, 0.6) is 0 Å². The van der Waals surface area contributed by atoms with Crippen molar-refractivity contribution in [2.75, 3.05) is 17.6 Å². The van der Waals surface area contributed by atoms with Crippen molar-refractivity contribution in [3.8, 4) is 0 Å². The summed E-state index contributed by atoms with van der Waals surface area (Å²) in [5, 5.41) is 17.3. The summed E-state index contributed by atoms with van der Waals surface area (Å²) in [7, 11) is 1.62. The number of aromatic nitrogens is 3. The summed E-state index contributed by atoms with van der Waals surface area (Å²) in [6.07, 6.45) is 3.25. The summed E-state index contributed by atoms with van der Waals surface area (Å²) in [5.41, 5.74) is 0.0109. The molecule has 1 aliphatic rings. The predicted molar refractivity (Wildman–Crippen MR) is 107 cm³/mol. The maximum atomic E-state index is 12.6. The summed E-state index contributed by atoms with van der Waals surface area (Å²) < 4.78 is 23.9. The fourth-order valence-corrected chi connectivity index (χ4v) is 3.60. The Bertz CT molecular complexity index is 1250. The summed E-state index contributed by atoms with van der Waals surface area (Å²) >= 11 is 1.34. The van der Waals surface area contributed by atoms with Gasteiger partial charge in [0.05, 0.1) is 16.8 Å². The van der Waals surface area contributed by atoms with Crippen LogP contribution in [0.3, 0.4) is 0 Å². The molecule has 3 aromatic rings. The van der Waals surface area contributed by atoms with E-state index in [-0.39, 0.29) is 34.6 Å². The Labute approximate surface area is 168 Å². The molecule has 0 unspecified atom stereocenters. The highest BCUT2D eigenvalue weighted by molar-refractivity contribution is 7.17. The van der Waals surface area contributed by atoms with Gasteiger partial charge in [-0.05, 0) is 18.9 Å². The van der Waals surface area contributed by atoms with E-state index in [2.05, 4.69) is 20.8 Å². The Balaban J connectivity index is 1.74. The van der Waals surface area contributed by atoms with Crippen molar-refractivity contribution in [3.05, 3.63) is 39.8 Å². The molecule has 3 N–H and O–H groups in total. The number of fused-ring (bicyclic) bond motifs is 1. The third-order valence-corrected chi connectivity index (χ3v) is 5.34. The summed E-state index contributed by atoms with van der Waals surface area (Å²) in [4.78, 5) is 37.1. The van der Waals surface area contributed by atoms with Crippen molar-refractivity contribution in [2.24, 2.45) is 13.0 Å². The van der Waals surface area contributed by atoms with Gasteiger partial charge in [-0.1, -0.05) is 0 Å². The number of thiophene rings is 1. The first-order chi connectivity index (χ1) is 14.6. The first kappa shape index (κ1) is 14.7. The monoisotopic (exact) mass is 401 g/mol. The Hall–Kier alpha value is -3.27. The second-order valence-electron chi connectivity index (χ2n) is 6.45. The molecule has 28 heavy (non-hydrogen) atoms. The average molecular weight is 401 g/mol. The molecule has 1 aliphatic carbocycles. The van der Waals surface area contributed by atoms with Crippen LogP contribution in [0.2, 0.25) is 0 Å². The van der Waals surface area contributed by atoms with Crippen molar-refractivity contribution in [1.82, 2.24) is 20.1 Å². The maximum absolute atomic E-state index is 12.6. The lowest BCUT2D eigenvalue weighted by Crippen LogP contribution is -2.22. The molecule has 9 nitrogen and oxygen atoms in total. The number of carbonyl (C=O) groups excluding carboxylic acids is 2. The van der Waals surface area contributed by atoms with E-state index in [4.69, 9.17) is 4.11 Å². The molecule has 10 heteroatoms. The zero-order valence-corrected chi connectivity index (χ0v) is 15.6. The number of amides is 2. The molecule has 1 saturated carbocycles. The van der Waals surface area contributed by atoms with Crippen LogP contribution in [0, 0.1) is 5.92 Å². The number of anilines is 3. The van der Waals surface area contributed by atoms with Gasteiger partial charge >= 0.3 is 0 Å². The van der Waals surface area contributed by atoms with Gasteiger partial charge in [-0.25, -0.2) is 0 Å². The van der Waals surface area contributed by atoms with E-state index < -0.39 is 12.9 Å². The number of aryl methyl sites for hydroxylation is 1. The van der Waals surface area contributed by atoms with Gasteiger partial charge in [0, 0.05) is 46.4 Å². The second kappa shape index (κ2) is 7.04. The van der Waals surface area contributed by atoms with Crippen molar-refractivity contribution < 1.29 is 13.7 Å². The standard InChI is InChI=1S/C18H18N6O3S/c1-19-17(26)15-10(7-13(22-23-15)21-16(25)9-3-4-9)20-11-8-28-12-5-6-24(2)18(27)14(11)12/h5-9H,3-4H2,1-2H3,(H,19,26)(H2,20,21,22,25)/i1D3. The number of nitrogens with zero attached hydrogens (tertiary/aromatic N) is 3. The van der Waals surface area contributed by atoms with Crippen LogP contribution in [0.1, 0.15) is 27.4 Å². The highest BCUT2D eigenvalue weighted by atomic mass is 32.1. The van der Waals surface area contributed by atoms with E-state index in [1.807, 2.05) is 5.32 Å². The first-order valence-corrected chi connectivity index (χ1v) is 9.35. The quantitative estimate of drug-likeness (QED) is 0.600. The summed E-state index contributed by atoms with van der Waals surface area (Å²) in [5.74, 6) is -1.13. The van der Waals surface area contributed by atoms with Gasteiger partial charge in [-0.3, -0.25) is 14.4 Å². The van der Waals surface area contributed by atoms with Crippen LogP contribution >= 0.6 is 11.3 Å². The van der Waals surface area contributed by atoms with Gasteiger partial charge in [0.2, 0.25) is 5.91 Å². The number of nitrogens with one attached hydrogen (secondary N) is 3. The van der Waals surface area contributed by atoms with Gasteiger partial charge in [0.15, 0.2) is 11.5 Å². The van der Waals surface area contributed by atoms with E-state index in [1.165, 1.54) is 22.0 Å². The van der Waals surface area contributed by atoms with Crippen molar-refractivity contribution in [2.45, 2.75) is 12.8 Å². The smallest absolute Gasteiger partial charge is 0.273 e. The molecule has 144 valence electrons. The number of hydrogen-bond donors (Lipinski definition) is 3. The number of rotatable bonds is 5. The normalized spacial score (nSPS) is 15.4. The Morgan fingerprint density at radius 3 is 2.89 bits per heavy atom. The average Bonchev–Trinajstić information content (AvgIpc) is 3.46. The molecule has 0 spiro atoms. The van der Waals surface area contributed by atoms with Gasteiger partial charge < -0.3 is 20.5 Å². The SMILES string of the molecule is [2H]C([2H])([2H])NC(=O)c1nnc(NC(=O)C2CC2)cc1Nc1csc2ccn(C)c(=O)c12. The fourth-order valence-electron chi connectivity index (χ4n) is 2.73. The minimum absolute atomic E-state index is 0.0689. The molecular formula is C18H18N6O3S. The van der Waals surface area contributed by atoms with Gasteiger partial charge in [0.25, 0.3) is 11.5 Å². The summed E-state index contributed by atoms with van der Waals surface area (Å²) in [6, 6.07) is 3.18. The highest BCUT2D eigenvalue weighted by Gasteiger charge is 2.30. The molecule has 2 amide bonds. The lowest BCUT2D eigenvalue weighted by atomic mass is 10.2. The van der Waals surface area contributed by atoms with E-state index in [1.54, 1.807) is 24.7 Å². The molecule has 0 radical (unpaired) electrons. The second-order valence-corrected chi connectivity index (χ2v) is 7.37. The van der Waals surface area contributed by atoms with Crippen molar-refractivity contribution >= 4 is 50.4 Å². The third kappa shape index (κ3) is 3.33. The molecule has 1 fully saturated rings. The van der Waals surface area contributed by atoms with E-state index >= 15 is 0 Å². The molecule has 0 aromatic carbocycles. The molecule has 0 atom stereocenters. The minimum atomic E-state index is -2.72. The lowest BCUT2D eigenvalue weighted by Gasteiger charge is -2.11. The number of carbonyl (C=O) groups is 2. The Morgan fingerprint density at radius 1 is 1.32 bits per heavy atom. The van der Waals surface area contributed by atoms with E-state index in [0.717, 1.165) is 17.5 Å². The molecular weight excluding hydrogens is 380 g/mol. The van der Waals surface area contributed by atoms with Crippen LogP contribution in [0.25, 0.3) is 10.1 Å². The van der Waals surface area contributed by atoms with Crippen LogP contribution in [-0.2, 0) is 11.8 Å². The predicted octanol–water partition coefficient (Wildman–Crippen LogP) is 1.84. The van der Waals surface area contributed by atoms with Gasteiger partial charge in [0.1, 0.15) is 0 Å². The van der Waals surface area contributed by atoms with Crippen LogP contribution in [-0.4, -0.2) is 33.6 Å². The zero-order valence-electron chi connectivity index (χ0n) is 17.8. The number of hydrogen-bond acceptors (Lipinski definition) is 7. The van der Waals surface area contributed by atoms with Gasteiger partial charge in [-0.15, -0.1) is 21.5 Å². The zero-order chi connectivity index (χ0) is 22.3. The molecule has 4 rings (SSSR count). The van der Waals surface area contributed by atoms with Gasteiger partial charge in [-0.2, -0.15) is 0 Å². The fraction of sp³-hybridized carbons (Fsp3) is 0.278. The van der Waals surface area contributed by atoms with E-state index in [0.29, 0.717) is 11.1 Å². The first-order valence-electron chi connectivity index (χ1n) is 9.97. The number of pyridine rings is 1. The third-order valence-electron chi connectivity index (χ3n) is 4.39. The van der Waals surface area contributed by atoms with Crippen LogP contribution in [0.4, 0.5) is 17.2 Å².